The van der Waals surface area contributed by atoms with E-state index < -0.39 is 0 Å². The molecule has 0 aromatic heterocycles. The van der Waals surface area contributed by atoms with E-state index in [1.165, 1.54) is 43.4 Å². The molecule has 0 aliphatic carbocycles. The van der Waals surface area contributed by atoms with E-state index in [1.807, 2.05) is 0 Å². The lowest BCUT2D eigenvalue weighted by atomic mass is 9.82. The molecule has 0 saturated heterocycles. The van der Waals surface area contributed by atoms with Crippen molar-refractivity contribution in [3.05, 3.63) is 59.7 Å². The van der Waals surface area contributed by atoms with E-state index in [0.29, 0.717) is 11.8 Å². The summed E-state index contributed by atoms with van der Waals surface area (Å²) in [5.74, 6) is 1.10. The molecule has 110 valence electrons. The van der Waals surface area contributed by atoms with E-state index in [9.17, 15) is 0 Å². The van der Waals surface area contributed by atoms with Crippen molar-refractivity contribution in [3.8, 4) is 0 Å². The van der Waals surface area contributed by atoms with Gasteiger partial charge >= 0.3 is 0 Å². The first-order chi connectivity index (χ1) is 10.6. The van der Waals surface area contributed by atoms with Crippen molar-refractivity contribution < 1.29 is 0 Å². The van der Waals surface area contributed by atoms with Gasteiger partial charge in [-0.3, -0.25) is 0 Å². The van der Waals surface area contributed by atoms with Crippen LogP contribution in [0.1, 0.15) is 50.7 Å². The molecule has 22 heavy (non-hydrogen) atoms. The average Bonchev–Trinajstić information content (AvgIpc) is 2.51. The van der Waals surface area contributed by atoms with Gasteiger partial charge < -0.3 is 0 Å². The van der Waals surface area contributed by atoms with Crippen LogP contribution in [0.2, 0.25) is 0 Å². The highest BCUT2D eigenvalue weighted by Gasteiger charge is 2.17. The Labute approximate surface area is 132 Å². The maximum atomic E-state index is 2.42. The van der Waals surface area contributed by atoms with Gasteiger partial charge in [-0.2, -0.15) is 0 Å². The van der Waals surface area contributed by atoms with Crippen LogP contribution < -0.4 is 0 Å². The molecule has 0 nitrogen and oxygen atoms in total. The third kappa shape index (κ3) is 1.76. The highest BCUT2D eigenvalue weighted by Crippen LogP contribution is 2.41. The minimum atomic E-state index is 0.543. The first-order valence-electron chi connectivity index (χ1n) is 8.28. The predicted molar refractivity (Wildman–Crippen MR) is 98.3 cm³/mol. The van der Waals surface area contributed by atoms with Crippen molar-refractivity contribution >= 4 is 32.3 Å². The minimum absolute atomic E-state index is 0.543. The van der Waals surface area contributed by atoms with Crippen molar-refractivity contribution in [1.82, 2.24) is 0 Å². The summed E-state index contributed by atoms with van der Waals surface area (Å²) in [6.07, 6.45) is 0. The highest BCUT2D eigenvalue weighted by molar-refractivity contribution is 6.23. The average molecular weight is 286 g/mol. The van der Waals surface area contributed by atoms with Gasteiger partial charge in [0.1, 0.15) is 0 Å². The molecule has 0 radical (unpaired) electrons. The number of benzene rings is 4. The third-order valence-electron chi connectivity index (χ3n) is 4.92. The van der Waals surface area contributed by atoms with Crippen LogP contribution in [0.25, 0.3) is 32.3 Å². The normalized spacial score (nSPS) is 12.5. The lowest BCUT2D eigenvalue weighted by Crippen LogP contribution is -2.01. The molecule has 0 aliphatic rings. The number of hydrogen-bond donors (Lipinski definition) is 0. The Kier molecular flexibility index (Phi) is 2.91. The summed E-state index contributed by atoms with van der Waals surface area (Å²) in [5, 5.41) is 8.40. The fourth-order valence-corrected chi connectivity index (χ4v) is 3.98. The maximum Gasteiger partial charge on any atom is -0.00237 e. The monoisotopic (exact) mass is 286 g/mol. The standard InChI is InChI=1S/C22H22/c1-13(2)19-12-17-9-8-15-6-5-7-16-10-11-18(20(19)14(3)4)22(17)21(15)16/h5-14H,1-4H3. The predicted octanol–water partition coefficient (Wildman–Crippen LogP) is 6.83. The van der Waals surface area contributed by atoms with Gasteiger partial charge in [0.05, 0.1) is 0 Å². The molecule has 0 spiro atoms. The summed E-state index contributed by atoms with van der Waals surface area (Å²) in [6, 6.07) is 18.2. The Balaban J connectivity index is 2.30. The van der Waals surface area contributed by atoms with Gasteiger partial charge in [0.15, 0.2) is 0 Å². The van der Waals surface area contributed by atoms with Gasteiger partial charge in [0.25, 0.3) is 0 Å². The summed E-state index contributed by atoms with van der Waals surface area (Å²) in [6.45, 7) is 9.24. The molecule has 0 N–H and O–H groups in total. The van der Waals surface area contributed by atoms with Gasteiger partial charge in [0, 0.05) is 0 Å². The zero-order valence-electron chi connectivity index (χ0n) is 13.8. The lowest BCUT2D eigenvalue weighted by molar-refractivity contribution is 0.799. The Morgan fingerprint density at radius 1 is 0.636 bits per heavy atom. The van der Waals surface area contributed by atoms with Crippen LogP contribution in [0.5, 0.6) is 0 Å². The topological polar surface area (TPSA) is 0 Å². The molecular formula is C22H22. The maximum absolute atomic E-state index is 2.42. The van der Waals surface area contributed by atoms with Gasteiger partial charge in [-0.1, -0.05) is 76.2 Å². The third-order valence-corrected chi connectivity index (χ3v) is 4.92. The Morgan fingerprint density at radius 3 is 1.91 bits per heavy atom. The fraction of sp³-hybridized carbons (Fsp3) is 0.273. The zero-order chi connectivity index (χ0) is 15.4. The molecule has 0 bridgehead atoms. The van der Waals surface area contributed by atoms with Crippen LogP contribution in [0.4, 0.5) is 0 Å². The van der Waals surface area contributed by atoms with Crippen LogP contribution in [-0.2, 0) is 0 Å². The summed E-state index contributed by atoms with van der Waals surface area (Å²) in [5.41, 5.74) is 3.03. The summed E-state index contributed by atoms with van der Waals surface area (Å²) < 4.78 is 0. The van der Waals surface area contributed by atoms with E-state index >= 15 is 0 Å². The Morgan fingerprint density at radius 2 is 1.27 bits per heavy atom. The minimum Gasteiger partial charge on any atom is -0.0610 e. The number of hydrogen-bond acceptors (Lipinski definition) is 0. The molecule has 0 heteroatoms. The first-order valence-corrected chi connectivity index (χ1v) is 8.28. The van der Waals surface area contributed by atoms with Gasteiger partial charge in [0.2, 0.25) is 0 Å². The van der Waals surface area contributed by atoms with Crippen LogP contribution in [-0.4, -0.2) is 0 Å². The quantitative estimate of drug-likeness (QED) is 0.354. The second-order valence-electron chi connectivity index (χ2n) is 7.04. The molecule has 4 aromatic carbocycles. The van der Waals surface area contributed by atoms with E-state index in [2.05, 4.69) is 76.2 Å². The molecule has 0 amide bonds. The van der Waals surface area contributed by atoms with E-state index in [1.54, 1.807) is 0 Å². The molecule has 0 heterocycles. The Hall–Kier alpha value is -2.08. The Bertz CT molecular complexity index is 958. The molecule has 0 aliphatic heterocycles. The van der Waals surface area contributed by atoms with Crippen molar-refractivity contribution in [1.29, 1.82) is 0 Å². The number of rotatable bonds is 2. The van der Waals surface area contributed by atoms with Crippen LogP contribution in [0.3, 0.4) is 0 Å². The van der Waals surface area contributed by atoms with Crippen molar-refractivity contribution in [3.63, 3.8) is 0 Å². The largest absolute Gasteiger partial charge is 0.0610 e. The van der Waals surface area contributed by atoms with Crippen molar-refractivity contribution in [2.75, 3.05) is 0 Å². The molecule has 4 rings (SSSR count). The fourth-order valence-electron chi connectivity index (χ4n) is 3.98. The van der Waals surface area contributed by atoms with Crippen LogP contribution in [0, 0.1) is 0 Å². The first kappa shape index (κ1) is 13.6. The molecule has 0 fully saturated rings. The van der Waals surface area contributed by atoms with Gasteiger partial charge in [-0.15, -0.1) is 0 Å². The van der Waals surface area contributed by atoms with Crippen LogP contribution in [0.15, 0.2) is 48.5 Å². The zero-order valence-corrected chi connectivity index (χ0v) is 13.8. The summed E-state index contributed by atoms with van der Waals surface area (Å²) in [4.78, 5) is 0. The molecule has 0 saturated carbocycles. The van der Waals surface area contributed by atoms with Crippen molar-refractivity contribution in [2.45, 2.75) is 39.5 Å². The van der Waals surface area contributed by atoms with Gasteiger partial charge in [-0.05, 0) is 55.3 Å². The van der Waals surface area contributed by atoms with Gasteiger partial charge in [-0.25, -0.2) is 0 Å². The van der Waals surface area contributed by atoms with Crippen LogP contribution >= 0.6 is 0 Å². The molecule has 0 unspecified atom stereocenters. The second kappa shape index (κ2) is 4.71. The molecule has 0 atom stereocenters. The van der Waals surface area contributed by atoms with Crippen molar-refractivity contribution in [2.24, 2.45) is 0 Å². The van der Waals surface area contributed by atoms with E-state index in [0.717, 1.165) is 0 Å². The van der Waals surface area contributed by atoms with E-state index in [-0.39, 0.29) is 0 Å². The smallest absolute Gasteiger partial charge is 0.00237 e. The summed E-state index contributed by atoms with van der Waals surface area (Å²) >= 11 is 0. The highest BCUT2D eigenvalue weighted by atomic mass is 14.2. The van der Waals surface area contributed by atoms with E-state index in [4.69, 9.17) is 0 Å². The second-order valence-corrected chi connectivity index (χ2v) is 7.04. The molecule has 4 aromatic rings. The lowest BCUT2D eigenvalue weighted by Gasteiger charge is -2.22. The molecular weight excluding hydrogens is 264 g/mol. The summed E-state index contributed by atoms with van der Waals surface area (Å²) in [7, 11) is 0. The SMILES string of the molecule is CC(C)c1cc2ccc3cccc4ccc(c1C(C)C)c2c34.